The van der Waals surface area contributed by atoms with E-state index in [9.17, 15) is 35.6 Å². The molecule has 4 rings (SSSR count). The van der Waals surface area contributed by atoms with Gasteiger partial charge in [-0.1, -0.05) is 0 Å². The van der Waals surface area contributed by atoms with Crippen LogP contribution in [0.1, 0.15) is 41.6 Å². The lowest BCUT2D eigenvalue weighted by atomic mass is 10.0. The van der Waals surface area contributed by atoms with Gasteiger partial charge >= 0.3 is 6.18 Å². The number of hydrogen-bond acceptors (Lipinski definition) is 6. The number of ether oxygens (including phenoxy) is 1. The highest BCUT2D eigenvalue weighted by molar-refractivity contribution is 7.92. The number of halogens is 4. The van der Waals surface area contributed by atoms with Gasteiger partial charge in [0, 0.05) is 30.1 Å². The number of thiophene rings is 1. The smallest absolute Gasteiger partial charge is 0.410 e. The molecule has 0 bridgehead atoms. The monoisotopic (exact) mass is 639 g/mol. The number of benzene rings is 2. The lowest BCUT2D eigenvalue weighted by Crippen LogP contribution is -2.54. The van der Waals surface area contributed by atoms with Gasteiger partial charge in [-0.15, -0.1) is 11.3 Å². The first kappa shape index (κ1) is 32.0. The zero-order valence-electron chi connectivity index (χ0n) is 24.1. The van der Waals surface area contributed by atoms with Crippen molar-refractivity contribution in [2.75, 3.05) is 10.5 Å². The number of sulfonamides is 1. The van der Waals surface area contributed by atoms with E-state index in [1.165, 1.54) is 61.1 Å². The average molecular weight is 640 g/mol. The van der Waals surface area contributed by atoms with E-state index in [-0.39, 0.29) is 32.2 Å². The molecule has 0 aliphatic heterocycles. The number of rotatable bonds is 8. The third kappa shape index (κ3) is 6.54. The second-order valence-electron chi connectivity index (χ2n) is 10.6. The molecule has 8 nitrogen and oxygen atoms in total. The first-order chi connectivity index (χ1) is 19.8. The number of pyridine rings is 1. The van der Waals surface area contributed by atoms with E-state index in [0.29, 0.717) is 28.0 Å². The van der Waals surface area contributed by atoms with Gasteiger partial charge in [-0.05, 0) is 82.1 Å². The number of hydrogen-bond donors (Lipinski definition) is 2. The topological polar surface area (TPSA) is 106 Å². The van der Waals surface area contributed by atoms with Crippen molar-refractivity contribution in [3.05, 3.63) is 74.8 Å². The number of aryl methyl sites for hydroxylation is 3. The van der Waals surface area contributed by atoms with E-state index < -0.39 is 39.0 Å². The van der Waals surface area contributed by atoms with E-state index in [1.54, 1.807) is 13.8 Å². The van der Waals surface area contributed by atoms with Gasteiger partial charge in [-0.25, -0.2) is 12.8 Å². The van der Waals surface area contributed by atoms with Gasteiger partial charge < -0.3 is 14.6 Å². The normalized spacial score (nSPS) is 12.4. The van der Waals surface area contributed by atoms with Crippen LogP contribution < -0.4 is 20.3 Å². The highest BCUT2D eigenvalue weighted by Crippen LogP contribution is 2.42. The Morgan fingerprint density at radius 1 is 1.05 bits per heavy atom. The average Bonchev–Trinajstić information content (AvgIpc) is 3.34. The summed E-state index contributed by atoms with van der Waals surface area (Å²) in [5.74, 6) is -1.10. The number of carbonyl (C=O) groups is 1. The Kier molecular flexibility index (Phi) is 8.41. The maximum atomic E-state index is 14.0. The predicted molar refractivity (Wildman–Crippen MR) is 159 cm³/mol. The van der Waals surface area contributed by atoms with Crippen molar-refractivity contribution in [2.24, 2.45) is 7.05 Å². The molecule has 0 atom stereocenters. The van der Waals surface area contributed by atoms with Gasteiger partial charge in [0.2, 0.25) is 10.0 Å². The van der Waals surface area contributed by atoms with Gasteiger partial charge in [0.15, 0.2) is 0 Å². The molecule has 2 aromatic heterocycles. The number of fused-ring (bicyclic) bond motifs is 1. The van der Waals surface area contributed by atoms with E-state index >= 15 is 0 Å². The molecule has 230 valence electrons. The Balaban J connectivity index is 1.94. The lowest BCUT2D eigenvalue weighted by Gasteiger charge is -2.28. The molecule has 1 amide bonds. The fourth-order valence-corrected chi connectivity index (χ4v) is 5.98. The van der Waals surface area contributed by atoms with Gasteiger partial charge in [0.25, 0.3) is 11.5 Å². The SMILES string of the molecule is CCS(=O)(=O)Nc1ccc(Oc2c(C)cc(F)cc2C)c(-c2cn(C)c(=O)c3cc(C(=O)NC(C)(C)C(F)(F)F)sc23)c1. The first-order valence-electron chi connectivity index (χ1n) is 13.0. The van der Waals surface area contributed by atoms with Crippen molar-refractivity contribution in [1.29, 1.82) is 0 Å². The van der Waals surface area contributed by atoms with Gasteiger partial charge in [0.1, 0.15) is 22.9 Å². The van der Waals surface area contributed by atoms with E-state index in [2.05, 4.69) is 4.72 Å². The number of carbonyl (C=O) groups excluding carboxylic acids is 1. The van der Waals surface area contributed by atoms with Crippen LogP contribution in [0.5, 0.6) is 11.5 Å². The standard InChI is InChI=1S/C29H29F4N3O5S2/c1-7-43(39,40)35-18-8-9-22(41-24-15(2)10-17(30)11-16(24)3)19(12-18)21-14-36(6)27(38)20-13-23(42-25(20)21)26(37)34-28(4,5)29(31,32)33/h8-14,35H,7H2,1-6H3,(H,34,37). The zero-order valence-corrected chi connectivity index (χ0v) is 25.7. The summed E-state index contributed by atoms with van der Waals surface area (Å²) in [7, 11) is -2.22. The van der Waals surface area contributed by atoms with Crippen LogP contribution in [0.3, 0.4) is 0 Å². The largest absolute Gasteiger partial charge is 0.456 e. The maximum absolute atomic E-state index is 14.0. The fourth-order valence-electron chi connectivity index (χ4n) is 4.28. The first-order valence-corrected chi connectivity index (χ1v) is 15.4. The minimum atomic E-state index is -4.73. The van der Waals surface area contributed by atoms with Crippen LogP contribution in [0.2, 0.25) is 0 Å². The van der Waals surface area contributed by atoms with Gasteiger partial charge in [-0.3, -0.25) is 14.3 Å². The van der Waals surface area contributed by atoms with Crippen LogP contribution >= 0.6 is 11.3 Å². The van der Waals surface area contributed by atoms with Crippen LogP contribution in [0, 0.1) is 19.7 Å². The van der Waals surface area contributed by atoms with Gasteiger partial charge in [-0.2, -0.15) is 13.2 Å². The Labute approximate surface area is 249 Å². The summed E-state index contributed by atoms with van der Waals surface area (Å²) < 4.78 is 89.2. The lowest BCUT2D eigenvalue weighted by molar-refractivity contribution is -0.182. The van der Waals surface area contributed by atoms with Crippen molar-refractivity contribution in [3.63, 3.8) is 0 Å². The number of nitrogens with zero attached hydrogens (tertiary/aromatic N) is 1. The molecule has 0 unspecified atom stereocenters. The summed E-state index contributed by atoms with van der Waals surface area (Å²) in [4.78, 5) is 25.9. The van der Waals surface area contributed by atoms with Crippen molar-refractivity contribution in [1.82, 2.24) is 9.88 Å². The number of amides is 1. The summed E-state index contributed by atoms with van der Waals surface area (Å²) in [6.07, 6.45) is -3.26. The molecule has 14 heteroatoms. The minimum absolute atomic E-state index is 0.0691. The van der Waals surface area contributed by atoms with Crippen molar-refractivity contribution >= 4 is 43.0 Å². The zero-order chi connectivity index (χ0) is 32.1. The molecule has 0 saturated carbocycles. The molecule has 2 heterocycles. The van der Waals surface area contributed by atoms with E-state index in [0.717, 1.165) is 25.2 Å². The molecule has 4 aromatic rings. The molecular weight excluding hydrogens is 610 g/mol. The molecule has 43 heavy (non-hydrogen) atoms. The summed E-state index contributed by atoms with van der Waals surface area (Å²) in [6, 6.07) is 8.29. The number of aromatic nitrogens is 1. The predicted octanol–water partition coefficient (Wildman–Crippen LogP) is 6.65. The van der Waals surface area contributed by atoms with Crippen LogP contribution in [0.4, 0.5) is 23.2 Å². The van der Waals surface area contributed by atoms with Crippen LogP contribution in [-0.4, -0.2) is 36.4 Å². The summed E-state index contributed by atoms with van der Waals surface area (Å²) in [6.45, 7) is 6.44. The second-order valence-corrected chi connectivity index (χ2v) is 13.6. The van der Waals surface area contributed by atoms with E-state index in [4.69, 9.17) is 4.74 Å². The van der Waals surface area contributed by atoms with Crippen LogP contribution in [0.25, 0.3) is 21.2 Å². The third-order valence-electron chi connectivity index (χ3n) is 6.77. The summed E-state index contributed by atoms with van der Waals surface area (Å²) >= 11 is 0.811. The van der Waals surface area contributed by atoms with Crippen molar-refractivity contribution < 1.29 is 35.5 Å². The third-order valence-corrected chi connectivity index (χ3v) is 9.24. The Bertz CT molecular complexity index is 1890. The molecule has 0 fully saturated rings. The molecule has 0 spiro atoms. The number of anilines is 1. The Morgan fingerprint density at radius 3 is 2.26 bits per heavy atom. The molecule has 0 radical (unpaired) electrons. The number of alkyl halides is 3. The van der Waals surface area contributed by atoms with Crippen molar-refractivity contribution in [2.45, 2.75) is 46.3 Å². The molecule has 2 N–H and O–H groups in total. The van der Waals surface area contributed by atoms with Crippen LogP contribution in [-0.2, 0) is 17.1 Å². The molecule has 0 aliphatic rings. The highest BCUT2D eigenvalue weighted by atomic mass is 32.2. The molecular formula is C29H29F4N3O5S2. The quantitative estimate of drug-likeness (QED) is 0.210. The van der Waals surface area contributed by atoms with Crippen molar-refractivity contribution in [3.8, 4) is 22.6 Å². The summed E-state index contributed by atoms with van der Waals surface area (Å²) in [5, 5.41) is 2.04. The fraction of sp³-hybridized carbons (Fsp3) is 0.310. The van der Waals surface area contributed by atoms with E-state index in [1.807, 2.05) is 5.32 Å². The van der Waals surface area contributed by atoms with Gasteiger partial charge in [0.05, 0.1) is 20.7 Å². The Morgan fingerprint density at radius 2 is 1.67 bits per heavy atom. The molecule has 0 saturated heterocycles. The number of nitrogens with one attached hydrogen (secondary N) is 2. The Hall–Kier alpha value is -3.91. The van der Waals surface area contributed by atoms with Crippen LogP contribution in [0.15, 0.2) is 47.4 Å². The summed E-state index contributed by atoms with van der Waals surface area (Å²) in [5.41, 5.74) is -1.21. The minimum Gasteiger partial charge on any atom is -0.456 e. The second kappa shape index (κ2) is 11.3. The maximum Gasteiger partial charge on any atom is 0.410 e. The highest BCUT2D eigenvalue weighted by Gasteiger charge is 2.48. The molecule has 0 aliphatic carbocycles. The molecule has 2 aromatic carbocycles.